The molecule has 156 valence electrons. The van der Waals surface area contributed by atoms with Crippen molar-refractivity contribution >= 4 is 28.5 Å². The number of para-hydroxylation sites is 2. The lowest BCUT2D eigenvalue weighted by molar-refractivity contribution is -0.122. The molecule has 0 radical (unpaired) electrons. The number of fused-ring (bicyclic) bond motifs is 1. The average molecular weight is 406 g/mol. The maximum absolute atomic E-state index is 13.2. The van der Waals surface area contributed by atoms with Crippen LogP contribution in [0.4, 0.5) is 5.69 Å². The SMILES string of the molecule is C[C@@H](Oc1ccccc1)C(=O)Nc1c(C(=O)N2CCCCCC2)oc2ccccc12. The number of nitrogens with one attached hydrogen (secondary N) is 1. The molecule has 0 aliphatic carbocycles. The topological polar surface area (TPSA) is 71.8 Å². The zero-order chi connectivity index (χ0) is 20.9. The number of rotatable bonds is 5. The van der Waals surface area contributed by atoms with E-state index in [1.165, 1.54) is 0 Å². The molecule has 2 aromatic carbocycles. The number of benzene rings is 2. The van der Waals surface area contributed by atoms with Gasteiger partial charge in [-0.25, -0.2) is 0 Å². The van der Waals surface area contributed by atoms with Gasteiger partial charge >= 0.3 is 0 Å². The quantitative estimate of drug-likeness (QED) is 0.657. The standard InChI is InChI=1S/C24H26N2O4/c1-17(29-18-11-5-4-6-12-18)23(27)25-21-19-13-7-8-14-20(19)30-22(21)24(28)26-15-9-2-3-10-16-26/h4-8,11-14,17H,2-3,9-10,15-16H2,1H3,(H,25,27)/t17-/m1/s1. The third-order valence-electron chi connectivity index (χ3n) is 5.36. The number of carbonyl (C=O) groups is 2. The predicted octanol–water partition coefficient (Wildman–Crippen LogP) is 4.86. The summed E-state index contributed by atoms with van der Waals surface area (Å²) in [4.78, 5) is 27.9. The molecule has 30 heavy (non-hydrogen) atoms. The monoisotopic (exact) mass is 406 g/mol. The van der Waals surface area contributed by atoms with Crippen LogP contribution in [0.1, 0.15) is 43.2 Å². The van der Waals surface area contributed by atoms with E-state index in [1.807, 2.05) is 41.3 Å². The van der Waals surface area contributed by atoms with Crippen molar-refractivity contribution in [2.75, 3.05) is 18.4 Å². The highest BCUT2D eigenvalue weighted by Crippen LogP contribution is 2.32. The van der Waals surface area contributed by atoms with Crippen LogP contribution in [0, 0.1) is 0 Å². The van der Waals surface area contributed by atoms with Gasteiger partial charge in [-0.2, -0.15) is 0 Å². The fraction of sp³-hybridized carbons (Fsp3) is 0.333. The van der Waals surface area contributed by atoms with E-state index >= 15 is 0 Å². The van der Waals surface area contributed by atoms with Crippen LogP contribution in [-0.2, 0) is 4.79 Å². The van der Waals surface area contributed by atoms with E-state index in [0.29, 0.717) is 35.5 Å². The Morgan fingerprint density at radius 1 is 0.967 bits per heavy atom. The van der Waals surface area contributed by atoms with Gasteiger partial charge in [0.1, 0.15) is 17.0 Å². The number of ether oxygens (including phenoxy) is 1. The first-order valence-electron chi connectivity index (χ1n) is 10.5. The molecule has 1 atom stereocenters. The zero-order valence-electron chi connectivity index (χ0n) is 17.1. The molecule has 6 heteroatoms. The van der Waals surface area contributed by atoms with Gasteiger partial charge in [0.15, 0.2) is 6.10 Å². The number of likely N-dealkylation sites (tertiary alicyclic amines) is 1. The molecule has 2 amide bonds. The first-order valence-corrected chi connectivity index (χ1v) is 10.5. The number of carbonyl (C=O) groups excluding carboxylic acids is 2. The summed E-state index contributed by atoms with van der Waals surface area (Å²) in [5, 5.41) is 3.59. The molecule has 1 aliphatic rings. The number of furan rings is 1. The molecular formula is C24H26N2O4. The highest BCUT2D eigenvalue weighted by atomic mass is 16.5. The van der Waals surface area contributed by atoms with Gasteiger partial charge in [0.2, 0.25) is 5.76 Å². The minimum absolute atomic E-state index is 0.179. The number of nitrogens with zero attached hydrogens (tertiary/aromatic N) is 1. The Labute approximate surface area is 175 Å². The summed E-state index contributed by atoms with van der Waals surface area (Å²) in [5.41, 5.74) is 0.982. The van der Waals surface area contributed by atoms with Gasteiger partial charge in [-0.15, -0.1) is 0 Å². The normalized spacial score (nSPS) is 15.4. The molecular weight excluding hydrogens is 380 g/mol. The Hall–Kier alpha value is -3.28. The van der Waals surface area contributed by atoms with Crippen LogP contribution in [0.15, 0.2) is 59.0 Å². The van der Waals surface area contributed by atoms with Crippen molar-refractivity contribution in [3.8, 4) is 5.75 Å². The minimum atomic E-state index is -0.734. The van der Waals surface area contributed by atoms with Gasteiger partial charge in [-0.1, -0.05) is 43.2 Å². The predicted molar refractivity (Wildman–Crippen MR) is 116 cm³/mol. The highest BCUT2D eigenvalue weighted by molar-refractivity contribution is 6.11. The number of hydrogen-bond acceptors (Lipinski definition) is 4. The van der Waals surface area contributed by atoms with Crippen molar-refractivity contribution in [1.82, 2.24) is 4.90 Å². The van der Waals surface area contributed by atoms with E-state index in [-0.39, 0.29) is 17.6 Å². The molecule has 3 aromatic rings. The van der Waals surface area contributed by atoms with Gasteiger partial charge in [0.05, 0.1) is 0 Å². The van der Waals surface area contributed by atoms with E-state index in [1.54, 1.807) is 25.1 Å². The molecule has 1 aliphatic heterocycles. The van der Waals surface area contributed by atoms with Gasteiger partial charge in [-0.05, 0) is 44.0 Å². The Morgan fingerprint density at radius 3 is 2.37 bits per heavy atom. The fourth-order valence-electron chi connectivity index (χ4n) is 3.72. The Bertz CT molecular complexity index is 1020. The molecule has 4 rings (SSSR count). The van der Waals surface area contributed by atoms with E-state index in [0.717, 1.165) is 25.7 Å². The molecule has 6 nitrogen and oxygen atoms in total. The molecule has 0 spiro atoms. The van der Waals surface area contributed by atoms with E-state index < -0.39 is 6.10 Å². The summed E-state index contributed by atoms with van der Waals surface area (Å²) in [7, 11) is 0. The second-order valence-corrected chi connectivity index (χ2v) is 7.57. The van der Waals surface area contributed by atoms with Crippen molar-refractivity contribution in [2.45, 2.75) is 38.7 Å². The lowest BCUT2D eigenvalue weighted by atomic mass is 10.2. The average Bonchev–Trinajstić information content (AvgIpc) is 2.93. The summed E-state index contributed by atoms with van der Waals surface area (Å²) in [5.74, 6) is 0.270. The lowest BCUT2D eigenvalue weighted by Gasteiger charge is -2.20. The third kappa shape index (κ3) is 4.32. The van der Waals surface area contributed by atoms with Crippen LogP contribution in [-0.4, -0.2) is 35.9 Å². The lowest BCUT2D eigenvalue weighted by Crippen LogP contribution is -2.34. The fourth-order valence-corrected chi connectivity index (χ4v) is 3.72. The first kappa shape index (κ1) is 20.0. The maximum Gasteiger partial charge on any atom is 0.291 e. The second-order valence-electron chi connectivity index (χ2n) is 7.57. The van der Waals surface area contributed by atoms with E-state index in [9.17, 15) is 9.59 Å². The molecule has 0 saturated carbocycles. The van der Waals surface area contributed by atoms with Crippen LogP contribution in [0.3, 0.4) is 0 Å². The Kier molecular flexibility index (Phi) is 6.02. The van der Waals surface area contributed by atoms with Crippen molar-refractivity contribution in [2.24, 2.45) is 0 Å². The maximum atomic E-state index is 13.2. The van der Waals surface area contributed by atoms with Crippen LogP contribution in [0.25, 0.3) is 11.0 Å². The summed E-state index contributed by atoms with van der Waals surface area (Å²) >= 11 is 0. The van der Waals surface area contributed by atoms with Crippen LogP contribution in [0.2, 0.25) is 0 Å². The third-order valence-corrected chi connectivity index (χ3v) is 5.36. The van der Waals surface area contributed by atoms with Crippen molar-refractivity contribution in [3.63, 3.8) is 0 Å². The van der Waals surface area contributed by atoms with Crippen molar-refractivity contribution in [1.29, 1.82) is 0 Å². The molecule has 1 fully saturated rings. The van der Waals surface area contributed by atoms with E-state index in [4.69, 9.17) is 9.15 Å². The van der Waals surface area contributed by atoms with Gasteiger partial charge in [-0.3, -0.25) is 9.59 Å². The number of hydrogen-bond donors (Lipinski definition) is 1. The van der Waals surface area contributed by atoms with Crippen LogP contribution < -0.4 is 10.1 Å². The largest absolute Gasteiger partial charge is 0.481 e. The van der Waals surface area contributed by atoms with Crippen molar-refractivity contribution < 1.29 is 18.7 Å². The molecule has 1 saturated heterocycles. The molecule has 2 heterocycles. The smallest absolute Gasteiger partial charge is 0.291 e. The highest BCUT2D eigenvalue weighted by Gasteiger charge is 2.28. The van der Waals surface area contributed by atoms with E-state index in [2.05, 4.69) is 5.32 Å². The van der Waals surface area contributed by atoms with Crippen LogP contribution in [0.5, 0.6) is 5.75 Å². The Balaban J connectivity index is 1.59. The number of anilines is 1. The van der Waals surface area contributed by atoms with Crippen LogP contribution >= 0.6 is 0 Å². The number of amides is 2. The zero-order valence-corrected chi connectivity index (χ0v) is 17.1. The van der Waals surface area contributed by atoms with Gasteiger partial charge in [0, 0.05) is 18.5 Å². The second kappa shape index (κ2) is 9.03. The van der Waals surface area contributed by atoms with Gasteiger partial charge < -0.3 is 19.4 Å². The summed E-state index contributed by atoms with van der Waals surface area (Å²) in [6.07, 6.45) is 3.48. The molecule has 1 N–H and O–H groups in total. The van der Waals surface area contributed by atoms with Gasteiger partial charge in [0.25, 0.3) is 11.8 Å². The first-order chi connectivity index (χ1) is 14.6. The minimum Gasteiger partial charge on any atom is -0.481 e. The van der Waals surface area contributed by atoms with Crippen molar-refractivity contribution in [3.05, 3.63) is 60.4 Å². The summed E-state index contributed by atoms with van der Waals surface area (Å²) in [6.45, 7) is 3.09. The summed E-state index contributed by atoms with van der Waals surface area (Å²) in [6, 6.07) is 16.5. The molecule has 0 bridgehead atoms. The Morgan fingerprint density at radius 2 is 1.63 bits per heavy atom. The summed E-state index contributed by atoms with van der Waals surface area (Å²) < 4.78 is 11.6. The molecule has 0 unspecified atom stereocenters. The molecule has 1 aromatic heterocycles.